The van der Waals surface area contributed by atoms with Crippen molar-refractivity contribution >= 4 is 23.7 Å². The minimum Gasteiger partial charge on any atom is -0.479 e. The highest BCUT2D eigenvalue weighted by Gasteiger charge is 2.51. The van der Waals surface area contributed by atoms with Crippen molar-refractivity contribution in [3.05, 3.63) is 65.7 Å². The second kappa shape index (κ2) is 10.1. The third kappa shape index (κ3) is 5.60. The lowest BCUT2D eigenvalue weighted by molar-refractivity contribution is -0.230. The summed E-state index contributed by atoms with van der Waals surface area (Å²) in [6.45, 7) is 3.32. The number of carbonyl (C=O) groups excluding carboxylic acids is 1. The second-order valence-corrected chi connectivity index (χ2v) is 8.19. The Kier molecular flexibility index (Phi) is 7.49. The maximum Gasteiger partial charge on any atom is 0.335 e. The van der Waals surface area contributed by atoms with E-state index in [0.29, 0.717) is 0 Å². The van der Waals surface area contributed by atoms with Gasteiger partial charge in [-0.1, -0.05) is 59.8 Å². The van der Waals surface area contributed by atoms with Crippen molar-refractivity contribution in [2.45, 2.75) is 55.2 Å². The molecule has 2 unspecified atom stereocenters. The average Bonchev–Trinajstić information content (AvgIpc) is 2.71. The van der Waals surface area contributed by atoms with Crippen LogP contribution in [0.25, 0.3) is 0 Å². The minimum atomic E-state index is -1.51. The topological polar surface area (TPSA) is 102 Å². The molecular weight excluding hydrogens is 408 g/mol. The highest BCUT2D eigenvalue weighted by molar-refractivity contribution is 7.99. The van der Waals surface area contributed by atoms with Crippen LogP contribution in [0.3, 0.4) is 0 Å². The van der Waals surface area contributed by atoms with Gasteiger partial charge in [-0.2, -0.15) is 0 Å². The van der Waals surface area contributed by atoms with E-state index in [0.717, 1.165) is 16.0 Å². The van der Waals surface area contributed by atoms with Gasteiger partial charge in [0.1, 0.15) is 17.6 Å². The largest absolute Gasteiger partial charge is 0.479 e. The number of ether oxygens (including phenoxy) is 3. The summed E-state index contributed by atoms with van der Waals surface area (Å²) in [4.78, 5) is 24.3. The summed E-state index contributed by atoms with van der Waals surface area (Å²) < 4.78 is 17.0. The van der Waals surface area contributed by atoms with Gasteiger partial charge in [-0.15, -0.1) is 0 Å². The van der Waals surface area contributed by atoms with E-state index >= 15 is 0 Å². The molecule has 7 nitrogen and oxygen atoms in total. The van der Waals surface area contributed by atoms with Crippen molar-refractivity contribution in [2.75, 3.05) is 0 Å². The van der Waals surface area contributed by atoms with Crippen LogP contribution < -0.4 is 0 Å². The highest BCUT2D eigenvalue weighted by atomic mass is 32.2. The lowest BCUT2D eigenvalue weighted by Crippen LogP contribution is -2.60. The van der Waals surface area contributed by atoms with E-state index in [2.05, 4.69) is 0 Å². The Morgan fingerprint density at radius 2 is 1.73 bits per heavy atom. The van der Waals surface area contributed by atoms with Crippen LogP contribution in [0.2, 0.25) is 0 Å². The third-order valence-electron chi connectivity index (χ3n) is 4.62. The predicted octanol–water partition coefficient (Wildman–Crippen LogP) is 2.77. The van der Waals surface area contributed by atoms with Crippen molar-refractivity contribution in [1.29, 1.82) is 0 Å². The van der Waals surface area contributed by atoms with E-state index in [-0.39, 0.29) is 6.61 Å². The maximum absolute atomic E-state index is 11.8. The van der Waals surface area contributed by atoms with Crippen LogP contribution in [-0.4, -0.2) is 52.0 Å². The zero-order chi connectivity index (χ0) is 21.7. The van der Waals surface area contributed by atoms with Crippen molar-refractivity contribution in [3.8, 4) is 0 Å². The number of rotatable bonds is 7. The summed E-state index contributed by atoms with van der Waals surface area (Å²) in [5.41, 5.74) is 1.04. The summed E-state index contributed by atoms with van der Waals surface area (Å²) in [6.07, 6.45) is -5.10. The first-order chi connectivity index (χ1) is 14.3. The molecule has 2 N–H and O–H groups in total. The molecule has 1 saturated heterocycles. The second-order valence-electron chi connectivity index (χ2n) is 7.02. The molecule has 0 bridgehead atoms. The number of aliphatic carboxylic acids is 1. The van der Waals surface area contributed by atoms with Crippen LogP contribution in [0.1, 0.15) is 18.1 Å². The zero-order valence-electron chi connectivity index (χ0n) is 16.6. The monoisotopic (exact) mass is 432 g/mol. The minimum absolute atomic E-state index is 0.120. The van der Waals surface area contributed by atoms with Crippen LogP contribution >= 0.6 is 11.8 Å². The molecule has 0 aliphatic carbocycles. The lowest BCUT2D eigenvalue weighted by atomic mass is 9.99. The number of carboxylic acid groups (broad SMARTS) is 1. The first-order valence-corrected chi connectivity index (χ1v) is 10.4. The number of hydrogen-bond acceptors (Lipinski definition) is 7. The van der Waals surface area contributed by atoms with E-state index in [1.807, 2.05) is 61.5 Å². The summed E-state index contributed by atoms with van der Waals surface area (Å²) >= 11 is 1.22. The standard InChI is InChI=1S/C22H24O7S/c1-13-8-10-16(11-9-13)30-22-20(28-14(2)23)18(17(24)19(29-22)21(25)26)27-12-15-6-4-3-5-7-15/h3-11,17-20,22,24H,12H2,1-2H3,(H,25,26)/t17-,18+,19?,20?,22-/m0/s1. The molecular formula is C22H24O7S. The van der Waals surface area contributed by atoms with Gasteiger partial charge in [0.2, 0.25) is 0 Å². The Hall–Kier alpha value is -2.39. The zero-order valence-corrected chi connectivity index (χ0v) is 17.5. The van der Waals surface area contributed by atoms with Crippen molar-refractivity contribution in [1.82, 2.24) is 0 Å². The molecule has 2 aromatic rings. The van der Waals surface area contributed by atoms with Gasteiger partial charge in [-0.05, 0) is 24.6 Å². The molecule has 160 valence electrons. The molecule has 1 aliphatic heterocycles. The van der Waals surface area contributed by atoms with Gasteiger partial charge in [0.05, 0.1) is 6.61 Å². The van der Waals surface area contributed by atoms with Crippen molar-refractivity contribution in [3.63, 3.8) is 0 Å². The predicted molar refractivity (Wildman–Crippen MR) is 110 cm³/mol. The number of carbonyl (C=O) groups is 2. The van der Waals surface area contributed by atoms with E-state index in [1.54, 1.807) is 0 Å². The molecule has 0 aromatic heterocycles. The molecule has 3 rings (SSSR count). The Bertz CT molecular complexity index is 856. The average molecular weight is 432 g/mol. The molecule has 0 radical (unpaired) electrons. The van der Waals surface area contributed by atoms with Gasteiger partial charge in [-0.3, -0.25) is 4.79 Å². The number of benzene rings is 2. The summed E-state index contributed by atoms with van der Waals surface area (Å²) in [6, 6.07) is 16.8. The Morgan fingerprint density at radius 3 is 2.33 bits per heavy atom. The summed E-state index contributed by atoms with van der Waals surface area (Å²) in [7, 11) is 0. The smallest absolute Gasteiger partial charge is 0.335 e. The highest BCUT2D eigenvalue weighted by Crippen LogP contribution is 2.36. The molecule has 30 heavy (non-hydrogen) atoms. The number of aliphatic hydroxyl groups excluding tert-OH is 1. The van der Waals surface area contributed by atoms with Crippen LogP contribution in [0, 0.1) is 6.92 Å². The molecule has 0 spiro atoms. The molecule has 0 saturated carbocycles. The number of carboxylic acids is 1. The van der Waals surface area contributed by atoms with Crippen LogP contribution in [0.4, 0.5) is 0 Å². The first-order valence-electron chi connectivity index (χ1n) is 9.47. The molecule has 0 amide bonds. The number of thioether (sulfide) groups is 1. The van der Waals surface area contributed by atoms with E-state index in [4.69, 9.17) is 14.2 Å². The van der Waals surface area contributed by atoms with Crippen LogP contribution in [0.15, 0.2) is 59.5 Å². The quantitative estimate of drug-likeness (QED) is 0.644. The first kappa shape index (κ1) is 22.3. The van der Waals surface area contributed by atoms with Gasteiger partial charge in [0.25, 0.3) is 0 Å². The molecule has 2 aromatic carbocycles. The number of hydrogen-bond donors (Lipinski definition) is 2. The fraction of sp³-hybridized carbons (Fsp3) is 0.364. The summed E-state index contributed by atoms with van der Waals surface area (Å²) in [5.74, 6) is -1.89. The molecule has 1 heterocycles. The van der Waals surface area contributed by atoms with Crippen molar-refractivity contribution < 1.29 is 34.0 Å². The van der Waals surface area contributed by atoms with Crippen LogP contribution in [0.5, 0.6) is 0 Å². The Labute approximate surface area is 179 Å². The Balaban J connectivity index is 1.87. The maximum atomic E-state index is 11.8. The Morgan fingerprint density at radius 1 is 1.07 bits per heavy atom. The number of aliphatic hydroxyl groups is 1. The fourth-order valence-electron chi connectivity index (χ4n) is 3.15. The van der Waals surface area contributed by atoms with E-state index in [1.165, 1.54) is 18.7 Å². The van der Waals surface area contributed by atoms with Crippen molar-refractivity contribution in [2.24, 2.45) is 0 Å². The van der Waals surface area contributed by atoms with Gasteiger partial charge >= 0.3 is 11.9 Å². The fourth-order valence-corrected chi connectivity index (χ4v) is 4.23. The molecule has 8 heteroatoms. The van der Waals surface area contributed by atoms with Gasteiger partial charge in [0.15, 0.2) is 12.2 Å². The van der Waals surface area contributed by atoms with Crippen LogP contribution in [-0.2, 0) is 30.4 Å². The van der Waals surface area contributed by atoms with Gasteiger partial charge < -0.3 is 24.4 Å². The normalized spacial score (nSPS) is 26.2. The van der Waals surface area contributed by atoms with E-state index < -0.39 is 41.8 Å². The summed E-state index contributed by atoms with van der Waals surface area (Å²) in [5, 5.41) is 20.2. The molecule has 5 atom stereocenters. The third-order valence-corrected chi connectivity index (χ3v) is 5.78. The number of aryl methyl sites for hydroxylation is 1. The van der Waals surface area contributed by atoms with E-state index in [9.17, 15) is 19.8 Å². The SMILES string of the molecule is CC(=O)OC1[C@H](Sc2ccc(C)cc2)OC(C(=O)O)[C@@H](O)[C@H]1OCc1ccccc1. The molecule has 1 fully saturated rings. The molecule has 1 aliphatic rings. The van der Waals surface area contributed by atoms with Gasteiger partial charge in [-0.25, -0.2) is 4.79 Å². The lowest BCUT2D eigenvalue weighted by Gasteiger charge is -2.42. The van der Waals surface area contributed by atoms with Gasteiger partial charge in [0, 0.05) is 11.8 Å². The number of esters is 1.